The van der Waals surface area contributed by atoms with E-state index in [2.05, 4.69) is 27.7 Å². The summed E-state index contributed by atoms with van der Waals surface area (Å²) in [6, 6.07) is 0. The van der Waals surface area contributed by atoms with Crippen molar-refractivity contribution in [1.82, 2.24) is 0 Å². The molecule has 0 aromatic rings. The predicted octanol–water partition coefficient (Wildman–Crippen LogP) is 3.61. The molecule has 0 heterocycles. The summed E-state index contributed by atoms with van der Waals surface area (Å²) >= 11 is 0. The van der Waals surface area contributed by atoms with Crippen molar-refractivity contribution in [2.24, 2.45) is 17.3 Å². The van der Waals surface area contributed by atoms with E-state index in [1.54, 1.807) is 0 Å². The maximum atomic E-state index is 10.1. The van der Waals surface area contributed by atoms with Crippen LogP contribution in [0, 0.1) is 17.3 Å². The average Bonchev–Trinajstić information content (AvgIpc) is 2.01. The fraction of sp³-hybridized carbons (Fsp3) is 1.00. The molecule has 0 spiro atoms. The zero-order valence-corrected chi connectivity index (χ0v) is 10.2. The van der Waals surface area contributed by atoms with Gasteiger partial charge in [0.05, 0.1) is 6.10 Å². The molecule has 1 fully saturated rings. The van der Waals surface area contributed by atoms with Gasteiger partial charge in [0.15, 0.2) is 0 Å². The highest BCUT2D eigenvalue weighted by molar-refractivity contribution is 4.79. The Labute approximate surface area is 88.9 Å². The minimum Gasteiger partial charge on any atom is -0.393 e. The summed E-state index contributed by atoms with van der Waals surface area (Å²) in [5, 5.41) is 10.1. The van der Waals surface area contributed by atoms with E-state index >= 15 is 0 Å². The summed E-state index contributed by atoms with van der Waals surface area (Å²) < 4.78 is 0. The number of aliphatic hydroxyl groups is 1. The standard InChI is InChI=1S/C13H26O/c1-10-6-5-7-11(8-10)12(14)9-13(2,3)4/h10-12,14H,5-9H2,1-4H3. The van der Waals surface area contributed by atoms with Crippen molar-refractivity contribution in [3.8, 4) is 0 Å². The number of rotatable bonds is 2. The molecule has 3 unspecified atom stereocenters. The Morgan fingerprint density at radius 2 is 1.93 bits per heavy atom. The van der Waals surface area contributed by atoms with Crippen LogP contribution in [0.2, 0.25) is 0 Å². The Kier molecular flexibility index (Phi) is 4.00. The second kappa shape index (κ2) is 4.65. The lowest BCUT2D eigenvalue weighted by Gasteiger charge is -2.33. The molecule has 84 valence electrons. The molecule has 0 aromatic heterocycles. The van der Waals surface area contributed by atoms with Crippen molar-refractivity contribution in [2.75, 3.05) is 0 Å². The third kappa shape index (κ3) is 4.00. The van der Waals surface area contributed by atoms with Gasteiger partial charge in [-0.25, -0.2) is 0 Å². The van der Waals surface area contributed by atoms with Crippen LogP contribution < -0.4 is 0 Å². The molecule has 0 saturated heterocycles. The minimum atomic E-state index is -0.0715. The summed E-state index contributed by atoms with van der Waals surface area (Å²) in [7, 11) is 0. The summed E-state index contributed by atoms with van der Waals surface area (Å²) in [5.74, 6) is 1.39. The van der Waals surface area contributed by atoms with Gasteiger partial charge in [-0.15, -0.1) is 0 Å². The number of aliphatic hydroxyl groups excluding tert-OH is 1. The van der Waals surface area contributed by atoms with E-state index in [0.29, 0.717) is 5.92 Å². The van der Waals surface area contributed by atoms with Crippen LogP contribution in [0.25, 0.3) is 0 Å². The Morgan fingerprint density at radius 3 is 2.43 bits per heavy atom. The molecule has 1 saturated carbocycles. The maximum Gasteiger partial charge on any atom is 0.0573 e. The van der Waals surface area contributed by atoms with Gasteiger partial charge in [-0.1, -0.05) is 40.5 Å². The maximum absolute atomic E-state index is 10.1. The first-order chi connectivity index (χ1) is 6.38. The molecule has 1 aliphatic rings. The summed E-state index contributed by atoms with van der Waals surface area (Å²) in [6.45, 7) is 8.95. The molecule has 1 nitrogen and oxygen atoms in total. The van der Waals surface area contributed by atoms with Crippen LogP contribution in [0.3, 0.4) is 0 Å². The number of hydrogen-bond donors (Lipinski definition) is 1. The van der Waals surface area contributed by atoms with Gasteiger partial charge in [0, 0.05) is 0 Å². The van der Waals surface area contributed by atoms with E-state index in [0.717, 1.165) is 12.3 Å². The second-order valence-corrected chi connectivity index (χ2v) is 6.36. The lowest BCUT2D eigenvalue weighted by atomic mass is 9.75. The first-order valence-corrected chi connectivity index (χ1v) is 6.06. The van der Waals surface area contributed by atoms with Crippen LogP contribution in [0.4, 0.5) is 0 Å². The SMILES string of the molecule is CC1CCCC(C(O)CC(C)(C)C)C1. The number of hydrogen-bond acceptors (Lipinski definition) is 1. The van der Waals surface area contributed by atoms with E-state index in [1.807, 2.05) is 0 Å². The Morgan fingerprint density at radius 1 is 1.29 bits per heavy atom. The zero-order chi connectivity index (χ0) is 10.8. The normalized spacial score (nSPS) is 31.5. The summed E-state index contributed by atoms with van der Waals surface area (Å²) in [6.07, 6.45) is 6.02. The molecule has 0 aliphatic heterocycles. The van der Waals surface area contributed by atoms with Crippen molar-refractivity contribution >= 4 is 0 Å². The first-order valence-electron chi connectivity index (χ1n) is 6.06. The first kappa shape index (κ1) is 12.0. The lowest BCUT2D eigenvalue weighted by Crippen LogP contribution is -2.29. The van der Waals surface area contributed by atoms with Crippen molar-refractivity contribution in [2.45, 2.75) is 65.9 Å². The van der Waals surface area contributed by atoms with Crippen LogP contribution in [0.15, 0.2) is 0 Å². The van der Waals surface area contributed by atoms with Crippen LogP contribution in [-0.2, 0) is 0 Å². The zero-order valence-electron chi connectivity index (χ0n) is 10.2. The Balaban J connectivity index is 2.39. The molecule has 1 heteroatoms. The molecule has 14 heavy (non-hydrogen) atoms. The van der Waals surface area contributed by atoms with Crippen LogP contribution in [0.1, 0.15) is 59.8 Å². The highest BCUT2D eigenvalue weighted by Crippen LogP contribution is 2.34. The molecule has 1 aliphatic carbocycles. The van der Waals surface area contributed by atoms with E-state index in [1.165, 1.54) is 25.7 Å². The molecule has 0 bridgehead atoms. The van der Waals surface area contributed by atoms with Gasteiger partial charge < -0.3 is 5.11 Å². The van der Waals surface area contributed by atoms with Gasteiger partial charge in [-0.05, 0) is 36.5 Å². The fourth-order valence-corrected chi connectivity index (χ4v) is 2.62. The van der Waals surface area contributed by atoms with Crippen LogP contribution in [-0.4, -0.2) is 11.2 Å². The van der Waals surface area contributed by atoms with Crippen LogP contribution in [0.5, 0.6) is 0 Å². The molecule has 0 radical (unpaired) electrons. The van der Waals surface area contributed by atoms with E-state index < -0.39 is 0 Å². The monoisotopic (exact) mass is 198 g/mol. The van der Waals surface area contributed by atoms with Crippen molar-refractivity contribution in [1.29, 1.82) is 0 Å². The van der Waals surface area contributed by atoms with Gasteiger partial charge in [0.25, 0.3) is 0 Å². The molecule has 1 N–H and O–H groups in total. The van der Waals surface area contributed by atoms with E-state index in [9.17, 15) is 5.11 Å². The van der Waals surface area contributed by atoms with Gasteiger partial charge >= 0.3 is 0 Å². The third-order valence-electron chi connectivity index (χ3n) is 3.34. The fourth-order valence-electron chi connectivity index (χ4n) is 2.62. The van der Waals surface area contributed by atoms with Crippen molar-refractivity contribution in [3.05, 3.63) is 0 Å². The smallest absolute Gasteiger partial charge is 0.0573 e. The molecular formula is C13H26O. The highest BCUT2D eigenvalue weighted by atomic mass is 16.3. The Bertz CT molecular complexity index is 169. The van der Waals surface area contributed by atoms with Gasteiger partial charge in [0.1, 0.15) is 0 Å². The van der Waals surface area contributed by atoms with E-state index in [4.69, 9.17) is 0 Å². The third-order valence-corrected chi connectivity index (χ3v) is 3.34. The Hall–Kier alpha value is -0.0400. The molecule has 0 aromatic carbocycles. The lowest BCUT2D eigenvalue weighted by molar-refractivity contribution is 0.0392. The molecular weight excluding hydrogens is 172 g/mol. The van der Waals surface area contributed by atoms with Crippen molar-refractivity contribution < 1.29 is 5.11 Å². The van der Waals surface area contributed by atoms with Gasteiger partial charge in [0.2, 0.25) is 0 Å². The summed E-state index contributed by atoms with van der Waals surface area (Å²) in [5.41, 5.74) is 0.264. The summed E-state index contributed by atoms with van der Waals surface area (Å²) in [4.78, 5) is 0. The second-order valence-electron chi connectivity index (χ2n) is 6.36. The van der Waals surface area contributed by atoms with Gasteiger partial charge in [-0.3, -0.25) is 0 Å². The predicted molar refractivity (Wildman–Crippen MR) is 61.2 cm³/mol. The van der Waals surface area contributed by atoms with Gasteiger partial charge in [-0.2, -0.15) is 0 Å². The molecule has 0 amide bonds. The van der Waals surface area contributed by atoms with Crippen LogP contribution >= 0.6 is 0 Å². The molecule has 3 atom stereocenters. The average molecular weight is 198 g/mol. The largest absolute Gasteiger partial charge is 0.393 e. The highest BCUT2D eigenvalue weighted by Gasteiger charge is 2.28. The minimum absolute atomic E-state index is 0.0715. The topological polar surface area (TPSA) is 20.2 Å². The quantitative estimate of drug-likeness (QED) is 0.718. The van der Waals surface area contributed by atoms with E-state index in [-0.39, 0.29) is 11.5 Å². The van der Waals surface area contributed by atoms with Crippen molar-refractivity contribution in [3.63, 3.8) is 0 Å². The molecule has 1 rings (SSSR count).